The Balaban J connectivity index is 2.49. The van der Waals surface area contributed by atoms with E-state index < -0.39 is 42.2 Å². The van der Waals surface area contributed by atoms with Crippen molar-refractivity contribution in [3.05, 3.63) is 53.1 Å². The summed E-state index contributed by atoms with van der Waals surface area (Å²) >= 11 is 5.77. The van der Waals surface area contributed by atoms with E-state index in [2.05, 4.69) is 4.18 Å². The smallest absolute Gasteiger partial charge is 0.340 e. The molecule has 0 atom stereocenters. The molecule has 5 nitrogen and oxygen atoms in total. The van der Waals surface area contributed by atoms with E-state index in [1.807, 2.05) is 0 Å². The zero-order valence-corrected chi connectivity index (χ0v) is 13.8. The molecule has 23 heavy (non-hydrogen) atoms. The molecule has 10 heteroatoms. The van der Waals surface area contributed by atoms with Crippen LogP contribution in [-0.4, -0.2) is 23.1 Å². The number of hydrogen-bond donors (Lipinski definition) is 0. The lowest BCUT2D eigenvalue weighted by molar-refractivity contribution is 0.472. The van der Waals surface area contributed by atoms with Gasteiger partial charge in [-0.25, -0.2) is 17.2 Å². The van der Waals surface area contributed by atoms with Crippen molar-refractivity contribution in [3.8, 4) is 5.75 Å². The lowest BCUT2D eigenvalue weighted by Gasteiger charge is -2.10. The van der Waals surface area contributed by atoms with Crippen molar-refractivity contribution in [2.75, 3.05) is 6.26 Å². The van der Waals surface area contributed by atoms with E-state index in [4.69, 9.17) is 11.6 Å². The minimum atomic E-state index is -4.54. The molecule has 0 bridgehead atoms. The predicted octanol–water partition coefficient (Wildman–Crippen LogP) is 2.79. The van der Waals surface area contributed by atoms with Gasteiger partial charge in [0, 0.05) is 12.3 Å². The Morgan fingerprint density at radius 2 is 1.61 bits per heavy atom. The molecule has 0 radical (unpaired) electrons. The Bertz CT molecular complexity index is 972. The minimum Gasteiger partial charge on any atom is -0.379 e. The number of sulfone groups is 1. The van der Waals surface area contributed by atoms with Crippen LogP contribution < -0.4 is 4.18 Å². The molecular weight excluding hydrogens is 374 g/mol. The summed E-state index contributed by atoms with van der Waals surface area (Å²) in [7, 11) is -8.22. The first-order valence-electron chi connectivity index (χ1n) is 5.90. The van der Waals surface area contributed by atoms with Gasteiger partial charge in [-0.15, -0.1) is 0 Å². The summed E-state index contributed by atoms with van der Waals surface area (Å²) in [5, 5.41) is -0.278. The molecule has 0 N–H and O–H groups in total. The fraction of sp³-hybridized carbons (Fsp3) is 0.0769. The van der Waals surface area contributed by atoms with Gasteiger partial charge in [0.1, 0.15) is 10.6 Å². The lowest BCUT2D eigenvalue weighted by atomic mass is 10.3. The maximum Gasteiger partial charge on any atom is 0.340 e. The first kappa shape index (κ1) is 17.6. The van der Waals surface area contributed by atoms with Crippen molar-refractivity contribution in [1.29, 1.82) is 0 Å². The summed E-state index contributed by atoms with van der Waals surface area (Å²) in [5.74, 6) is -2.95. The molecule has 0 heterocycles. The summed E-state index contributed by atoms with van der Waals surface area (Å²) in [6.45, 7) is 0. The molecule has 0 fully saturated rings. The molecule has 2 aromatic rings. The quantitative estimate of drug-likeness (QED) is 0.760. The van der Waals surface area contributed by atoms with Gasteiger partial charge in [-0.3, -0.25) is 0 Å². The van der Waals surface area contributed by atoms with Gasteiger partial charge in [0.25, 0.3) is 0 Å². The van der Waals surface area contributed by atoms with Crippen molar-refractivity contribution < 1.29 is 29.8 Å². The fourth-order valence-corrected chi connectivity index (χ4v) is 3.75. The van der Waals surface area contributed by atoms with Crippen molar-refractivity contribution in [2.45, 2.75) is 9.79 Å². The highest BCUT2D eigenvalue weighted by molar-refractivity contribution is 7.90. The van der Waals surface area contributed by atoms with Crippen LogP contribution in [0.5, 0.6) is 5.75 Å². The monoisotopic (exact) mass is 382 g/mol. The molecule has 124 valence electrons. The maximum absolute atomic E-state index is 13.1. The van der Waals surface area contributed by atoms with E-state index in [9.17, 15) is 25.6 Å². The van der Waals surface area contributed by atoms with Gasteiger partial charge in [0.15, 0.2) is 21.5 Å². The Kier molecular flexibility index (Phi) is 4.65. The molecule has 2 aromatic carbocycles. The Morgan fingerprint density at radius 3 is 2.17 bits per heavy atom. The van der Waals surface area contributed by atoms with Gasteiger partial charge in [-0.05, 0) is 30.3 Å². The topological polar surface area (TPSA) is 77.5 Å². The summed E-state index contributed by atoms with van der Waals surface area (Å²) < 4.78 is 77.9. The van der Waals surface area contributed by atoms with Crippen LogP contribution in [0.3, 0.4) is 0 Å². The van der Waals surface area contributed by atoms with E-state index in [-0.39, 0.29) is 9.92 Å². The van der Waals surface area contributed by atoms with Gasteiger partial charge >= 0.3 is 10.1 Å². The third kappa shape index (κ3) is 3.98. The van der Waals surface area contributed by atoms with Crippen LogP contribution >= 0.6 is 11.6 Å². The third-order valence-corrected chi connectivity index (χ3v) is 5.54. The summed E-state index contributed by atoms with van der Waals surface area (Å²) in [4.78, 5) is -0.888. The maximum atomic E-state index is 13.1. The summed E-state index contributed by atoms with van der Waals surface area (Å²) in [6.07, 6.45) is 0.892. The SMILES string of the molecule is CS(=O)(=O)c1ccc(Cl)c(S(=O)(=O)Oc2ccc(F)c(F)c2)c1. The number of rotatable bonds is 4. The van der Waals surface area contributed by atoms with Gasteiger partial charge in [0.05, 0.1) is 9.92 Å². The predicted molar refractivity (Wildman–Crippen MR) is 78.7 cm³/mol. The number of halogens is 3. The average Bonchev–Trinajstić information content (AvgIpc) is 2.41. The van der Waals surface area contributed by atoms with Crippen molar-refractivity contribution in [1.82, 2.24) is 0 Å². The molecule has 2 rings (SSSR count). The van der Waals surface area contributed by atoms with Crippen LogP contribution in [0, 0.1) is 11.6 Å². The van der Waals surface area contributed by atoms with Crippen molar-refractivity contribution in [2.24, 2.45) is 0 Å². The number of hydrogen-bond acceptors (Lipinski definition) is 5. The Morgan fingerprint density at radius 1 is 0.957 bits per heavy atom. The van der Waals surface area contributed by atoms with Gasteiger partial charge in [0.2, 0.25) is 0 Å². The van der Waals surface area contributed by atoms with Crippen molar-refractivity contribution >= 4 is 31.6 Å². The Hall–Kier alpha value is -1.71. The Labute approximate surface area is 136 Å². The van der Waals surface area contributed by atoms with Crippen LogP contribution in [0.2, 0.25) is 5.02 Å². The second-order valence-electron chi connectivity index (χ2n) is 4.48. The number of benzene rings is 2. The van der Waals surface area contributed by atoms with Crippen LogP contribution in [-0.2, 0) is 20.0 Å². The van der Waals surface area contributed by atoms with Crippen LogP contribution in [0.1, 0.15) is 0 Å². The largest absolute Gasteiger partial charge is 0.379 e. The first-order chi connectivity index (χ1) is 10.5. The highest BCUT2D eigenvalue weighted by atomic mass is 35.5. The third-order valence-electron chi connectivity index (χ3n) is 2.70. The highest BCUT2D eigenvalue weighted by Crippen LogP contribution is 2.28. The van der Waals surface area contributed by atoms with Crippen LogP contribution in [0.15, 0.2) is 46.2 Å². The fourth-order valence-electron chi connectivity index (χ4n) is 1.61. The van der Waals surface area contributed by atoms with Gasteiger partial charge < -0.3 is 4.18 Å². The molecule has 0 aromatic heterocycles. The molecule has 0 aliphatic rings. The second kappa shape index (κ2) is 6.06. The molecule has 0 aliphatic heterocycles. The molecule has 0 amide bonds. The standard InChI is InChI=1S/C13H9ClF2O5S2/c1-22(17,18)9-3-4-10(14)13(7-9)23(19,20)21-8-2-5-11(15)12(16)6-8/h2-7H,1H3. The van der Waals surface area contributed by atoms with E-state index >= 15 is 0 Å². The highest BCUT2D eigenvalue weighted by Gasteiger charge is 2.23. The molecule has 0 aliphatic carbocycles. The van der Waals surface area contributed by atoms with E-state index in [0.29, 0.717) is 12.1 Å². The summed E-state index contributed by atoms with van der Waals surface area (Å²) in [6, 6.07) is 5.18. The minimum absolute atomic E-state index is 0.278. The van der Waals surface area contributed by atoms with Crippen molar-refractivity contribution in [3.63, 3.8) is 0 Å². The van der Waals surface area contributed by atoms with Crippen LogP contribution in [0.25, 0.3) is 0 Å². The zero-order chi connectivity index (χ0) is 17.4. The lowest BCUT2D eigenvalue weighted by Crippen LogP contribution is -2.12. The van der Waals surface area contributed by atoms with E-state index in [1.165, 1.54) is 0 Å². The molecule has 0 saturated heterocycles. The molecule has 0 saturated carbocycles. The van der Waals surface area contributed by atoms with E-state index in [1.54, 1.807) is 0 Å². The second-order valence-corrected chi connectivity index (χ2v) is 8.42. The zero-order valence-electron chi connectivity index (χ0n) is 11.5. The molecular formula is C13H9ClF2O5S2. The molecule has 0 spiro atoms. The molecule has 0 unspecified atom stereocenters. The first-order valence-corrected chi connectivity index (χ1v) is 9.57. The average molecular weight is 383 g/mol. The van der Waals surface area contributed by atoms with E-state index in [0.717, 1.165) is 30.5 Å². The van der Waals surface area contributed by atoms with Gasteiger partial charge in [-0.2, -0.15) is 8.42 Å². The van der Waals surface area contributed by atoms with Gasteiger partial charge in [-0.1, -0.05) is 11.6 Å². The summed E-state index contributed by atoms with van der Waals surface area (Å²) in [5.41, 5.74) is 0. The van der Waals surface area contributed by atoms with Crippen LogP contribution in [0.4, 0.5) is 8.78 Å². The normalized spacial score (nSPS) is 12.2.